The van der Waals surface area contributed by atoms with Crippen molar-refractivity contribution in [2.45, 2.75) is 62.9 Å². The molecule has 2 heterocycles. The Hall–Kier alpha value is -3.79. The first-order chi connectivity index (χ1) is 19.0. The number of carbonyl (C=O) groups is 1. The number of ether oxygens (including phenoxy) is 1. The summed E-state index contributed by atoms with van der Waals surface area (Å²) in [6.45, 7) is 4.43. The van der Waals surface area contributed by atoms with E-state index in [-0.39, 0.29) is 22.8 Å². The molecule has 1 atom stereocenters. The maximum absolute atomic E-state index is 13.6. The topological polar surface area (TPSA) is 103 Å². The highest BCUT2D eigenvalue weighted by atomic mass is 32.2. The molecule has 0 spiro atoms. The van der Waals surface area contributed by atoms with E-state index >= 15 is 0 Å². The van der Waals surface area contributed by atoms with Crippen LogP contribution >= 0.6 is 0 Å². The van der Waals surface area contributed by atoms with Crippen LogP contribution in [0, 0.1) is 0 Å². The second-order valence-electron chi connectivity index (χ2n) is 11.0. The average Bonchev–Trinajstić information content (AvgIpc) is 3.27. The summed E-state index contributed by atoms with van der Waals surface area (Å²) >= 11 is 0. The number of nitrogens with one attached hydrogen (secondary N) is 1. The molecule has 0 bridgehead atoms. The van der Waals surface area contributed by atoms with Crippen LogP contribution in [-0.4, -0.2) is 38.4 Å². The lowest BCUT2D eigenvalue weighted by Gasteiger charge is -2.43. The lowest BCUT2D eigenvalue weighted by molar-refractivity contribution is 0.0377. The van der Waals surface area contributed by atoms with Crippen molar-refractivity contribution in [1.29, 1.82) is 0 Å². The summed E-state index contributed by atoms with van der Waals surface area (Å²) in [6.07, 6.45) is 3.50. The smallest absolute Gasteiger partial charge is 0.408 e. The highest BCUT2D eigenvalue weighted by Crippen LogP contribution is 2.43. The first-order valence-corrected chi connectivity index (χ1v) is 14.7. The Labute approximate surface area is 234 Å². The van der Waals surface area contributed by atoms with E-state index in [4.69, 9.17) is 9.15 Å². The predicted molar refractivity (Wildman–Crippen MR) is 152 cm³/mol. The molecule has 1 fully saturated rings. The van der Waals surface area contributed by atoms with Gasteiger partial charge in [-0.05, 0) is 51.2 Å². The van der Waals surface area contributed by atoms with E-state index in [2.05, 4.69) is 10.3 Å². The molecule has 0 radical (unpaired) electrons. The molecule has 1 aliphatic carbocycles. The quantitative estimate of drug-likeness (QED) is 0.279. The molecule has 1 aliphatic rings. The predicted octanol–water partition coefficient (Wildman–Crippen LogP) is 5.93. The molecule has 0 aliphatic heterocycles. The number of alkyl carbamates (subject to hydrolysis) is 1. The third kappa shape index (κ3) is 5.20. The Kier molecular flexibility index (Phi) is 7.39. The van der Waals surface area contributed by atoms with Crippen molar-refractivity contribution in [3.8, 4) is 22.5 Å². The van der Waals surface area contributed by atoms with Gasteiger partial charge in [0.05, 0.1) is 22.9 Å². The zero-order chi connectivity index (χ0) is 28.7. The van der Waals surface area contributed by atoms with Crippen LogP contribution in [0.15, 0.2) is 69.0 Å². The fourth-order valence-electron chi connectivity index (χ4n) is 5.11. The van der Waals surface area contributed by atoms with Crippen LogP contribution in [0.1, 0.15) is 45.6 Å². The minimum absolute atomic E-state index is 0.0365. The van der Waals surface area contributed by atoms with E-state index in [1.54, 1.807) is 0 Å². The second-order valence-corrected chi connectivity index (χ2v) is 12.3. The second kappa shape index (κ2) is 10.6. The number of carbonyl (C=O) groups excluding carboxylic acids is 1. The van der Waals surface area contributed by atoms with Crippen molar-refractivity contribution in [1.82, 2.24) is 14.9 Å². The first kappa shape index (κ1) is 27.8. The van der Waals surface area contributed by atoms with Gasteiger partial charge in [-0.1, -0.05) is 54.6 Å². The van der Waals surface area contributed by atoms with Gasteiger partial charge in [0.2, 0.25) is 10.9 Å². The van der Waals surface area contributed by atoms with Crippen LogP contribution in [0.5, 0.6) is 0 Å². The number of amides is 1. The van der Waals surface area contributed by atoms with Gasteiger partial charge in [-0.25, -0.2) is 9.18 Å². The number of alkyl halides is 1. The van der Waals surface area contributed by atoms with Gasteiger partial charge in [0, 0.05) is 17.4 Å². The molecule has 210 valence electrons. The van der Waals surface area contributed by atoms with Gasteiger partial charge in [0.1, 0.15) is 23.4 Å². The maximum atomic E-state index is 13.6. The normalized spacial score (nSPS) is 15.4. The molecule has 1 unspecified atom stereocenters. The highest BCUT2D eigenvalue weighted by molar-refractivity contribution is 7.84. The minimum Gasteiger partial charge on any atom is -0.444 e. The van der Waals surface area contributed by atoms with Gasteiger partial charge >= 0.3 is 6.09 Å². The van der Waals surface area contributed by atoms with Crippen molar-refractivity contribution < 1.29 is 22.5 Å². The fraction of sp³-hybridized carbons (Fsp3) is 0.367. The zero-order valence-electron chi connectivity index (χ0n) is 23.0. The van der Waals surface area contributed by atoms with Gasteiger partial charge in [0.15, 0.2) is 0 Å². The number of rotatable bonds is 7. The lowest BCUT2D eigenvalue weighted by Crippen LogP contribution is -2.52. The van der Waals surface area contributed by atoms with Crippen LogP contribution in [0.2, 0.25) is 0 Å². The Morgan fingerprint density at radius 1 is 1.12 bits per heavy atom. The number of nitrogens with zero attached hydrogens (tertiary/aromatic N) is 2. The average molecular weight is 566 g/mol. The highest BCUT2D eigenvalue weighted by Gasteiger charge is 2.41. The molecule has 1 N–H and O–H groups in total. The Bertz CT molecular complexity index is 1630. The summed E-state index contributed by atoms with van der Waals surface area (Å²) < 4.78 is 38.6. The number of hydrogen-bond acceptors (Lipinski definition) is 6. The summed E-state index contributed by atoms with van der Waals surface area (Å²) in [5.41, 5.74) is 1.33. The molecule has 0 saturated heterocycles. The van der Waals surface area contributed by atoms with Crippen molar-refractivity contribution >= 4 is 28.0 Å². The first-order valence-electron chi connectivity index (χ1n) is 13.2. The van der Waals surface area contributed by atoms with E-state index in [0.717, 1.165) is 35.0 Å². The molecule has 1 saturated carbocycles. The molecule has 40 heavy (non-hydrogen) atoms. The molecule has 5 rings (SSSR count). The number of aromatic nitrogens is 2. The van der Waals surface area contributed by atoms with E-state index in [1.807, 2.05) is 75.4 Å². The zero-order valence-corrected chi connectivity index (χ0v) is 23.8. The van der Waals surface area contributed by atoms with Crippen LogP contribution < -0.4 is 10.9 Å². The van der Waals surface area contributed by atoms with Gasteiger partial charge in [-0.3, -0.25) is 13.6 Å². The monoisotopic (exact) mass is 565 g/mol. The number of fused-ring (bicyclic) bond motifs is 1. The molecule has 8 nitrogen and oxygen atoms in total. The van der Waals surface area contributed by atoms with E-state index in [1.165, 1.54) is 6.26 Å². The van der Waals surface area contributed by atoms with Crippen molar-refractivity contribution in [2.24, 2.45) is 0 Å². The number of furan rings is 1. The molecule has 2 aromatic heterocycles. The van der Waals surface area contributed by atoms with Gasteiger partial charge in [-0.2, -0.15) is 4.98 Å². The maximum Gasteiger partial charge on any atom is 0.408 e. The number of halogens is 1. The van der Waals surface area contributed by atoms with Gasteiger partial charge in [0.25, 0.3) is 5.56 Å². The number of hydrogen-bond donors (Lipinski definition) is 1. The van der Waals surface area contributed by atoms with E-state index in [0.29, 0.717) is 16.9 Å². The molecule has 1 amide bonds. The molecular formula is C30H32FN3O5S. The summed E-state index contributed by atoms with van der Waals surface area (Å²) in [7, 11) is -1.63. The number of benzene rings is 2. The fourth-order valence-corrected chi connectivity index (χ4v) is 5.80. The Morgan fingerprint density at radius 3 is 2.35 bits per heavy atom. The summed E-state index contributed by atoms with van der Waals surface area (Å²) in [5.74, 6) is 0.422. The van der Waals surface area contributed by atoms with E-state index in [9.17, 15) is 18.2 Å². The third-order valence-corrected chi connectivity index (χ3v) is 7.88. The van der Waals surface area contributed by atoms with Crippen LogP contribution in [0.25, 0.3) is 33.6 Å². The summed E-state index contributed by atoms with van der Waals surface area (Å²) in [6, 6.07) is 16.9. The van der Waals surface area contributed by atoms with E-state index < -0.39 is 40.3 Å². The van der Waals surface area contributed by atoms with Gasteiger partial charge in [-0.15, -0.1) is 0 Å². The lowest BCUT2D eigenvalue weighted by atomic mass is 9.71. The molecular weight excluding hydrogens is 533 g/mol. The Morgan fingerprint density at radius 2 is 1.80 bits per heavy atom. The van der Waals surface area contributed by atoms with Crippen molar-refractivity contribution in [2.75, 3.05) is 12.9 Å². The molecule has 4 aromatic rings. The van der Waals surface area contributed by atoms with Crippen molar-refractivity contribution in [3.05, 3.63) is 70.5 Å². The minimum atomic E-state index is -1.63. The van der Waals surface area contributed by atoms with Gasteiger partial charge < -0.3 is 14.5 Å². The third-order valence-electron chi connectivity index (χ3n) is 7.05. The molecule has 10 heteroatoms. The van der Waals surface area contributed by atoms with Crippen LogP contribution in [0.4, 0.5) is 9.18 Å². The standard InChI is InChI=1S/C30H32FN3O5S/c1-29(2,3)39-28(36)33-30(15-8-16-30)21-13-11-20(12-14-21)24-22(19-9-6-5-7-10-19)23-25(38-24)32-27(40(4)37)34(18-17-31)26(23)35/h5-7,9-14H,8,15-18H2,1-4H3,(H,33,36). The van der Waals surface area contributed by atoms with Crippen LogP contribution in [-0.2, 0) is 27.6 Å². The Balaban J connectivity index is 1.62. The largest absolute Gasteiger partial charge is 0.444 e. The molecule has 2 aromatic carbocycles. The van der Waals surface area contributed by atoms with Crippen LogP contribution in [0.3, 0.4) is 0 Å². The summed E-state index contributed by atoms with van der Waals surface area (Å²) in [4.78, 5) is 30.6. The van der Waals surface area contributed by atoms with Crippen molar-refractivity contribution in [3.63, 3.8) is 0 Å². The summed E-state index contributed by atoms with van der Waals surface area (Å²) in [5, 5.41) is 3.23. The SMILES string of the molecule is CS(=O)c1nc2oc(-c3ccc(C4(NC(=O)OC(C)(C)C)CCC4)cc3)c(-c3ccccc3)c2c(=O)n1CCF.